The van der Waals surface area contributed by atoms with Gasteiger partial charge in [0.15, 0.2) is 0 Å². The molecule has 1 spiro atoms. The quantitative estimate of drug-likeness (QED) is 0.885. The Bertz CT molecular complexity index is 768. The number of benzene rings is 1. The normalized spacial score (nSPS) is 25.0. The number of hydrogen-bond donors (Lipinski definition) is 1. The molecular formula is C17H15NO3S. The summed E-state index contributed by atoms with van der Waals surface area (Å²) in [6.45, 7) is 2.12. The first-order valence-corrected chi connectivity index (χ1v) is 8.21. The van der Waals surface area contributed by atoms with E-state index in [2.05, 4.69) is 11.4 Å². The van der Waals surface area contributed by atoms with Crippen LogP contribution in [0.2, 0.25) is 0 Å². The standard InChI is InChI=1S/C17H15NO3S/c1-2-21-15(19)12-9-17(12)11-8-10(14-4-3-7-22-14)5-6-13(11)18-16(17)20/h3-8,12H,2,9H2,1H3,(H,18,20)/t12-,17-/m1/s1. The van der Waals surface area contributed by atoms with Gasteiger partial charge in [-0.25, -0.2) is 0 Å². The lowest BCUT2D eigenvalue weighted by molar-refractivity contribution is -0.146. The summed E-state index contributed by atoms with van der Waals surface area (Å²) in [6.07, 6.45) is 0.540. The summed E-state index contributed by atoms with van der Waals surface area (Å²) in [5.74, 6) is -0.705. The molecule has 1 fully saturated rings. The van der Waals surface area contributed by atoms with Crippen LogP contribution in [0.4, 0.5) is 5.69 Å². The van der Waals surface area contributed by atoms with Crippen molar-refractivity contribution >= 4 is 28.9 Å². The van der Waals surface area contributed by atoms with Crippen LogP contribution in [-0.4, -0.2) is 18.5 Å². The topological polar surface area (TPSA) is 55.4 Å². The molecular weight excluding hydrogens is 298 g/mol. The molecule has 112 valence electrons. The van der Waals surface area contributed by atoms with Gasteiger partial charge in [0, 0.05) is 10.6 Å². The molecule has 4 rings (SSSR count). The lowest BCUT2D eigenvalue weighted by atomic mass is 9.93. The third-order valence-corrected chi connectivity index (χ3v) is 5.41. The molecule has 0 radical (unpaired) electrons. The van der Waals surface area contributed by atoms with Gasteiger partial charge in [0.25, 0.3) is 0 Å². The Kier molecular flexibility index (Phi) is 2.87. The van der Waals surface area contributed by atoms with Crippen LogP contribution in [0.25, 0.3) is 10.4 Å². The number of esters is 1. The molecule has 1 N–H and O–H groups in total. The fraction of sp³-hybridized carbons (Fsp3) is 0.294. The number of rotatable bonds is 3. The molecule has 0 bridgehead atoms. The van der Waals surface area contributed by atoms with E-state index < -0.39 is 5.41 Å². The molecule has 1 aliphatic carbocycles. The average Bonchev–Trinajstić information content (AvgIpc) is 2.90. The fourth-order valence-corrected chi connectivity index (χ4v) is 4.04. The highest BCUT2D eigenvalue weighted by atomic mass is 32.1. The Morgan fingerprint density at radius 2 is 2.32 bits per heavy atom. The molecule has 5 heteroatoms. The predicted octanol–water partition coefficient (Wildman–Crippen LogP) is 3.19. The molecule has 4 nitrogen and oxygen atoms in total. The van der Waals surface area contributed by atoms with Gasteiger partial charge in [-0.15, -0.1) is 11.3 Å². The minimum absolute atomic E-state index is 0.0797. The molecule has 1 aromatic heterocycles. The van der Waals surface area contributed by atoms with Crippen molar-refractivity contribution in [2.24, 2.45) is 5.92 Å². The van der Waals surface area contributed by atoms with Crippen molar-refractivity contribution in [3.63, 3.8) is 0 Å². The average molecular weight is 313 g/mol. The van der Waals surface area contributed by atoms with Crippen molar-refractivity contribution < 1.29 is 14.3 Å². The van der Waals surface area contributed by atoms with Gasteiger partial charge in [0.1, 0.15) is 0 Å². The minimum atomic E-state index is -0.713. The van der Waals surface area contributed by atoms with Crippen LogP contribution in [0.1, 0.15) is 18.9 Å². The van der Waals surface area contributed by atoms with Gasteiger partial charge < -0.3 is 10.1 Å². The number of anilines is 1. The summed E-state index contributed by atoms with van der Waals surface area (Å²) in [4.78, 5) is 25.6. The number of hydrogen-bond acceptors (Lipinski definition) is 4. The fourth-order valence-electron chi connectivity index (χ4n) is 3.31. The van der Waals surface area contributed by atoms with Crippen LogP contribution >= 0.6 is 11.3 Å². The van der Waals surface area contributed by atoms with E-state index in [9.17, 15) is 9.59 Å². The summed E-state index contributed by atoms with van der Waals surface area (Å²) in [7, 11) is 0. The predicted molar refractivity (Wildman–Crippen MR) is 84.8 cm³/mol. The van der Waals surface area contributed by atoms with Crippen molar-refractivity contribution in [1.82, 2.24) is 0 Å². The smallest absolute Gasteiger partial charge is 0.310 e. The van der Waals surface area contributed by atoms with Gasteiger partial charge in [-0.05, 0) is 48.1 Å². The molecule has 0 saturated heterocycles. The molecule has 1 saturated carbocycles. The van der Waals surface area contributed by atoms with Crippen LogP contribution in [0.5, 0.6) is 0 Å². The second-order valence-electron chi connectivity index (χ2n) is 5.67. The van der Waals surface area contributed by atoms with Crippen molar-refractivity contribution in [3.05, 3.63) is 41.3 Å². The Morgan fingerprint density at radius 1 is 1.45 bits per heavy atom. The second kappa shape index (κ2) is 4.68. The van der Waals surface area contributed by atoms with Gasteiger partial charge in [-0.3, -0.25) is 9.59 Å². The summed E-state index contributed by atoms with van der Waals surface area (Å²) in [5, 5.41) is 4.93. The highest BCUT2D eigenvalue weighted by molar-refractivity contribution is 7.13. The van der Waals surface area contributed by atoms with Gasteiger partial charge in [-0.1, -0.05) is 12.1 Å². The maximum atomic E-state index is 12.4. The first-order valence-electron chi connectivity index (χ1n) is 7.33. The maximum Gasteiger partial charge on any atom is 0.310 e. The summed E-state index contributed by atoms with van der Waals surface area (Å²) < 4.78 is 5.10. The molecule has 0 unspecified atom stereocenters. The third-order valence-electron chi connectivity index (χ3n) is 4.49. The number of fused-ring (bicyclic) bond motifs is 2. The van der Waals surface area contributed by atoms with E-state index in [1.54, 1.807) is 18.3 Å². The Hall–Kier alpha value is -2.14. The number of ether oxygens (including phenoxy) is 1. The third kappa shape index (κ3) is 1.75. The summed E-state index contributed by atoms with van der Waals surface area (Å²) in [6, 6.07) is 10.0. The van der Waals surface area contributed by atoms with Crippen molar-refractivity contribution in [2.45, 2.75) is 18.8 Å². The van der Waals surface area contributed by atoms with Gasteiger partial charge >= 0.3 is 5.97 Å². The van der Waals surface area contributed by atoms with E-state index in [1.165, 1.54) is 0 Å². The zero-order valence-corrected chi connectivity index (χ0v) is 12.9. The van der Waals surface area contributed by atoms with E-state index in [4.69, 9.17) is 4.74 Å². The monoisotopic (exact) mass is 313 g/mol. The first-order chi connectivity index (χ1) is 10.7. The lowest BCUT2D eigenvalue weighted by Gasteiger charge is -2.09. The van der Waals surface area contributed by atoms with E-state index in [1.807, 2.05) is 29.6 Å². The van der Waals surface area contributed by atoms with Crippen LogP contribution in [0.15, 0.2) is 35.7 Å². The Morgan fingerprint density at radius 3 is 3.05 bits per heavy atom. The van der Waals surface area contributed by atoms with E-state index in [0.717, 1.165) is 21.7 Å². The maximum absolute atomic E-state index is 12.4. The zero-order chi connectivity index (χ0) is 15.3. The molecule has 1 aromatic carbocycles. The molecule has 22 heavy (non-hydrogen) atoms. The summed E-state index contributed by atoms with van der Waals surface area (Å²) >= 11 is 1.66. The van der Waals surface area contributed by atoms with Gasteiger partial charge in [0.2, 0.25) is 5.91 Å². The SMILES string of the molecule is CCOC(=O)[C@H]1C[C@]12C(=O)Nc1ccc(-c3cccs3)cc12. The zero-order valence-electron chi connectivity index (χ0n) is 12.1. The van der Waals surface area contributed by atoms with Crippen LogP contribution in [0, 0.1) is 5.92 Å². The van der Waals surface area contributed by atoms with E-state index in [0.29, 0.717) is 13.0 Å². The van der Waals surface area contributed by atoms with E-state index in [-0.39, 0.29) is 17.8 Å². The van der Waals surface area contributed by atoms with Crippen LogP contribution in [-0.2, 0) is 19.7 Å². The molecule has 1 amide bonds. The molecule has 2 heterocycles. The highest BCUT2D eigenvalue weighted by Crippen LogP contribution is 2.60. The van der Waals surface area contributed by atoms with Gasteiger partial charge in [-0.2, -0.15) is 0 Å². The Labute approximate surface area is 132 Å². The molecule has 2 atom stereocenters. The highest BCUT2D eigenvalue weighted by Gasteiger charge is 2.68. The van der Waals surface area contributed by atoms with Crippen molar-refractivity contribution in [2.75, 3.05) is 11.9 Å². The number of carbonyl (C=O) groups excluding carboxylic acids is 2. The molecule has 1 aliphatic heterocycles. The number of nitrogens with one attached hydrogen (secondary N) is 1. The van der Waals surface area contributed by atoms with Crippen molar-refractivity contribution in [3.8, 4) is 10.4 Å². The number of thiophene rings is 1. The van der Waals surface area contributed by atoms with Crippen molar-refractivity contribution in [1.29, 1.82) is 0 Å². The Balaban J connectivity index is 1.75. The summed E-state index contributed by atoms with van der Waals surface area (Å²) in [5.41, 5.74) is 2.12. The number of amides is 1. The van der Waals surface area contributed by atoms with Crippen LogP contribution in [0.3, 0.4) is 0 Å². The lowest BCUT2D eigenvalue weighted by Crippen LogP contribution is -2.25. The number of carbonyl (C=O) groups is 2. The first kappa shape index (κ1) is 13.5. The minimum Gasteiger partial charge on any atom is -0.466 e. The van der Waals surface area contributed by atoms with Gasteiger partial charge in [0.05, 0.1) is 17.9 Å². The largest absolute Gasteiger partial charge is 0.466 e. The van der Waals surface area contributed by atoms with Crippen LogP contribution < -0.4 is 5.32 Å². The second-order valence-corrected chi connectivity index (χ2v) is 6.62. The molecule has 2 aliphatic rings. The van der Waals surface area contributed by atoms with E-state index >= 15 is 0 Å². The molecule has 2 aromatic rings.